The first-order valence-corrected chi connectivity index (χ1v) is 7.29. The van der Waals surface area contributed by atoms with E-state index < -0.39 is 0 Å². The molecule has 0 aromatic rings. The molecule has 3 heteroatoms. The van der Waals surface area contributed by atoms with E-state index in [1.165, 1.54) is 32.2 Å². The SMILES string of the molecule is CCOCC(CN1C2CCC1COC2)C1CC1. The monoisotopic (exact) mass is 239 g/mol. The Labute approximate surface area is 104 Å². The standard InChI is InChI=1S/C14H25NO2/c1-2-16-8-12(11-3-4-11)7-15-13-5-6-14(15)10-17-9-13/h11-14H,2-10H2,1H3. The molecule has 1 aliphatic carbocycles. The van der Waals surface area contributed by atoms with Gasteiger partial charge >= 0.3 is 0 Å². The Kier molecular flexibility index (Phi) is 3.69. The second-order valence-corrected chi connectivity index (χ2v) is 5.88. The Balaban J connectivity index is 1.56. The third-order valence-electron chi connectivity index (χ3n) is 4.66. The molecule has 2 heterocycles. The van der Waals surface area contributed by atoms with Crippen molar-refractivity contribution in [3.8, 4) is 0 Å². The highest BCUT2D eigenvalue weighted by atomic mass is 16.5. The fourth-order valence-corrected chi connectivity index (χ4v) is 3.46. The maximum atomic E-state index is 5.67. The van der Waals surface area contributed by atoms with Crippen LogP contribution in [0.3, 0.4) is 0 Å². The fourth-order valence-electron chi connectivity index (χ4n) is 3.46. The summed E-state index contributed by atoms with van der Waals surface area (Å²) in [5.74, 6) is 1.72. The van der Waals surface area contributed by atoms with Gasteiger partial charge in [-0.2, -0.15) is 0 Å². The summed E-state index contributed by atoms with van der Waals surface area (Å²) in [6.45, 7) is 7.11. The van der Waals surface area contributed by atoms with E-state index in [0.717, 1.165) is 38.3 Å². The van der Waals surface area contributed by atoms with Crippen molar-refractivity contribution in [3.05, 3.63) is 0 Å². The number of fused-ring (bicyclic) bond motifs is 2. The Morgan fingerprint density at radius 2 is 1.88 bits per heavy atom. The second kappa shape index (κ2) is 5.25. The fraction of sp³-hybridized carbons (Fsp3) is 1.00. The van der Waals surface area contributed by atoms with Crippen LogP contribution in [0.1, 0.15) is 32.6 Å². The molecular formula is C14H25NO2. The first-order chi connectivity index (χ1) is 8.38. The lowest BCUT2D eigenvalue weighted by Gasteiger charge is -2.37. The topological polar surface area (TPSA) is 21.7 Å². The highest BCUT2D eigenvalue weighted by Gasteiger charge is 2.41. The first kappa shape index (κ1) is 11.9. The molecule has 3 nitrogen and oxygen atoms in total. The Hall–Kier alpha value is -0.120. The van der Waals surface area contributed by atoms with Gasteiger partial charge in [0.2, 0.25) is 0 Å². The van der Waals surface area contributed by atoms with E-state index in [2.05, 4.69) is 11.8 Å². The number of hydrogen-bond donors (Lipinski definition) is 0. The van der Waals surface area contributed by atoms with E-state index in [4.69, 9.17) is 9.47 Å². The van der Waals surface area contributed by atoms with Crippen LogP contribution < -0.4 is 0 Å². The van der Waals surface area contributed by atoms with Crippen LogP contribution in [-0.2, 0) is 9.47 Å². The Bertz CT molecular complexity index is 239. The third kappa shape index (κ3) is 2.67. The van der Waals surface area contributed by atoms with Crippen LogP contribution in [0.25, 0.3) is 0 Å². The summed E-state index contributed by atoms with van der Waals surface area (Å²) < 4.78 is 11.3. The average Bonchev–Trinajstić information content (AvgIpc) is 3.14. The summed E-state index contributed by atoms with van der Waals surface area (Å²) in [6, 6.07) is 1.41. The second-order valence-electron chi connectivity index (χ2n) is 5.88. The van der Waals surface area contributed by atoms with E-state index in [0.29, 0.717) is 12.1 Å². The van der Waals surface area contributed by atoms with Gasteiger partial charge in [0, 0.05) is 25.2 Å². The van der Waals surface area contributed by atoms with Crippen LogP contribution in [0.4, 0.5) is 0 Å². The average molecular weight is 239 g/mol. The molecule has 3 atom stereocenters. The van der Waals surface area contributed by atoms with Gasteiger partial charge in [0.1, 0.15) is 0 Å². The number of nitrogens with zero attached hydrogens (tertiary/aromatic N) is 1. The van der Waals surface area contributed by atoms with Crippen molar-refractivity contribution in [1.29, 1.82) is 0 Å². The predicted molar refractivity (Wildman–Crippen MR) is 67.0 cm³/mol. The normalized spacial score (nSPS) is 35.1. The van der Waals surface area contributed by atoms with E-state index >= 15 is 0 Å². The molecule has 0 aromatic carbocycles. The van der Waals surface area contributed by atoms with E-state index in [-0.39, 0.29) is 0 Å². The smallest absolute Gasteiger partial charge is 0.0622 e. The van der Waals surface area contributed by atoms with Gasteiger partial charge in [-0.05, 0) is 44.4 Å². The Morgan fingerprint density at radius 1 is 1.18 bits per heavy atom. The van der Waals surface area contributed by atoms with Gasteiger partial charge in [-0.3, -0.25) is 4.90 Å². The maximum absolute atomic E-state index is 5.67. The molecule has 3 rings (SSSR count). The summed E-state index contributed by atoms with van der Waals surface area (Å²) in [5.41, 5.74) is 0. The zero-order valence-corrected chi connectivity index (χ0v) is 10.9. The van der Waals surface area contributed by atoms with E-state index in [9.17, 15) is 0 Å². The molecule has 0 N–H and O–H groups in total. The minimum atomic E-state index is 0.705. The lowest BCUT2D eigenvalue weighted by atomic mass is 10.0. The van der Waals surface area contributed by atoms with E-state index in [1.54, 1.807) is 0 Å². The van der Waals surface area contributed by atoms with Crippen molar-refractivity contribution < 1.29 is 9.47 Å². The van der Waals surface area contributed by atoms with Crippen LogP contribution >= 0.6 is 0 Å². The molecule has 2 saturated heterocycles. The molecule has 0 amide bonds. The lowest BCUT2D eigenvalue weighted by molar-refractivity contribution is -0.0305. The van der Waals surface area contributed by atoms with Gasteiger partial charge in [0.15, 0.2) is 0 Å². The van der Waals surface area contributed by atoms with Gasteiger partial charge in [0.25, 0.3) is 0 Å². The molecule has 0 aromatic heterocycles. The van der Waals surface area contributed by atoms with Crippen LogP contribution in [0.2, 0.25) is 0 Å². The van der Waals surface area contributed by atoms with Gasteiger partial charge in [-0.15, -0.1) is 0 Å². The van der Waals surface area contributed by atoms with Crippen molar-refractivity contribution >= 4 is 0 Å². The summed E-state index contributed by atoms with van der Waals surface area (Å²) in [4.78, 5) is 2.73. The molecular weight excluding hydrogens is 214 g/mol. The van der Waals surface area contributed by atoms with Gasteiger partial charge in [-0.1, -0.05) is 0 Å². The van der Waals surface area contributed by atoms with Crippen LogP contribution in [0, 0.1) is 11.8 Å². The van der Waals surface area contributed by atoms with Crippen molar-refractivity contribution in [1.82, 2.24) is 4.90 Å². The molecule has 0 spiro atoms. The summed E-state index contributed by atoms with van der Waals surface area (Å²) >= 11 is 0. The molecule has 1 saturated carbocycles. The predicted octanol–water partition coefficient (Wildman–Crippen LogP) is 1.91. The third-order valence-corrected chi connectivity index (χ3v) is 4.66. The number of rotatable bonds is 6. The highest BCUT2D eigenvalue weighted by molar-refractivity contribution is 4.94. The zero-order chi connectivity index (χ0) is 11.7. The Morgan fingerprint density at radius 3 is 2.47 bits per heavy atom. The van der Waals surface area contributed by atoms with E-state index in [1.807, 2.05) is 0 Å². The van der Waals surface area contributed by atoms with Crippen molar-refractivity contribution in [2.24, 2.45) is 11.8 Å². The van der Waals surface area contributed by atoms with Crippen molar-refractivity contribution in [3.63, 3.8) is 0 Å². The largest absolute Gasteiger partial charge is 0.381 e. The molecule has 17 heavy (non-hydrogen) atoms. The van der Waals surface area contributed by atoms with Crippen molar-refractivity contribution in [2.75, 3.05) is 33.0 Å². The minimum absolute atomic E-state index is 0.705. The zero-order valence-electron chi connectivity index (χ0n) is 10.9. The van der Waals surface area contributed by atoms with Gasteiger partial charge < -0.3 is 9.47 Å². The summed E-state index contributed by atoms with van der Waals surface area (Å²) in [6.07, 6.45) is 5.54. The van der Waals surface area contributed by atoms with Crippen LogP contribution in [0.5, 0.6) is 0 Å². The van der Waals surface area contributed by atoms with Gasteiger partial charge in [-0.25, -0.2) is 0 Å². The van der Waals surface area contributed by atoms with Crippen LogP contribution in [0.15, 0.2) is 0 Å². The molecule has 2 aliphatic heterocycles. The molecule has 3 unspecified atom stereocenters. The number of morpholine rings is 1. The first-order valence-electron chi connectivity index (χ1n) is 7.29. The minimum Gasteiger partial charge on any atom is -0.381 e. The van der Waals surface area contributed by atoms with Crippen molar-refractivity contribution in [2.45, 2.75) is 44.7 Å². The highest BCUT2D eigenvalue weighted by Crippen LogP contribution is 2.39. The molecule has 3 aliphatic rings. The number of hydrogen-bond acceptors (Lipinski definition) is 3. The molecule has 98 valence electrons. The summed E-state index contributed by atoms with van der Waals surface area (Å²) in [7, 11) is 0. The van der Waals surface area contributed by atoms with Gasteiger partial charge in [0.05, 0.1) is 19.8 Å². The van der Waals surface area contributed by atoms with Crippen LogP contribution in [-0.4, -0.2) is 50.0 Å². The number of ether oxygens (including phenoxy) is 2. The summed E-state index contributed by atoms with van der Waals surface area (Å²) in [5, 5.41) is 0. The molecule has 2 bridgehead atoms. The lowest BCUT2D eigenvalue weighted by Crippen LogP contribution is -2.48. The molecule has 0 radical (unpaired) electrons. The quantitative estimate of drug-likeness (QED) is 0.707. The maximum Gasteiger partial charge on any atom is 0.0622 e. The molecule has 3 fully saturated rings.